The van der Waals surface area contributed by atoms with E-state index in [1.165, 1.54) is 18.2 Å². The van der Waals surface area contributed by atoms with E-state index in [1.54, 1.807) is 0 Å². The van der Waals surface area contributed by atoms with Crippen molar-refractivity contribution in [2.24, 2.45) is 0 Å². The number of hydrogen-bond acceptors (Lipinski definition) is 4. The Bertz CT molecular complexity index is 857. The van der Waals surface area contributed by atoms with Crippen LogP contribution < -0.4 is 10.6 Å². The van der Waals surface area contributed by atoms with Gasteiger partial charge in [-0.15, -0.1) is 0 Å². The highest BCUT2D eigenvalue weighted by atomic mass is 35.5. The van der Waals surface area contributed by atoms with Gasteiger partial charge >= 0.3 is 0 Å². The van der Waals surface area contributed by atoms with Crippen LogP contribution in [0.25, 0.3) is 0 Å². The topological polar surface area (TPSA) is 64.7 Å². The van der Waals surface area contributed by atoms with Crippen molar-refractivity contribution < 1.29 is 14.0 Å². The van der Waals surface area contributed by atoms with E-state index in [1.807, 2.05) is 37.3 Å². The average molecular weight is 419 g/mol. The van der Waals surface area contributed by atoms with Gasteiger partial charge in [-0.3, -0.25) is 19.4 Å². The van der Waals surface area contributed by atoms with E-state index >= 15 is 0 Å². The zero-order valence-electron chi connectivity index (χ0n) is 16.2. The maximum absolute atomic E-state index is 13.2. The summed E-state index contributed by atoms with van der Waals surface area (Å²) in [7, 11) is 0. The lowest BCUT2D eigenvalue weighted by Crippen LogP contribution is -2.53. The van der Waals surface area contributed by atoms with E-state index < -0.39 is 5.82 Å². The Balaban J connectivity index is 1.45. The minimum atomic E-state index is -0.523. The van der Waals surface area contributed by atoms with E-state index in [-0.39, 0.29) is 22.9 Å². The number of carbonyl (C=O) groups is 2. The van der Waals surface area contributed by atoms with Crippen molar-refractivity contribution in [3.05, 3.63) is 59.4 Å². The third-order valence-corrected chi connectivity index (χ3v) is 5.24. The molecule has 1 aliphatic heterocycles. The molecule has 0 bridgehead atoms. The predicted octanol–water partition coefficient (Wildman–Crippen LogP) is 3.06. The highest BCUT2D eigenvalue weighted by molar-refractivity contribution is 6.31. The lowest BCUT2D eigenvalue weighted by Gasteiger charge is -2.37. The number of nitrogens with one attached hydrogen (secondary N) is 2. The molecule has 0 saturated carbocycles. The summed E-state index contributed by atoms with van der Waals surface area (Å²) >= 11 is 5.76. The van der Waals surface area contributed by atoms with Crippen LogP contribution in [-0.4, -0.2) is 60.4 Å². The number of rotatable bonds is 6. The summed E-state index contributed by atoms with van der Waals surface area (Å²) in [4.78, 5) is 28.8. The molecule has 0 aliphatic carbocycles. The Morgan fingerprint density at radius 3 is 2.38 bits per heavy atom. The number of carbonyl (C=O) groups excluding carboxylic acids is 2. The molecule has 1 aliphatic rings. The first-order valence-corrected chi connectivity index (χ1v) is 9.87. The monoisotopic (exact) mass is 418 g/mol. The molecule has 2 aromatic rings. The molecule has 1 atom stereocenters. The fourth-order valence-electron chi connectivity index (χ4n) is 3.22. The zero-order valence-corrected chi connectivity index (χ0v) is 17.0. The first-order chi connectivity index (χ1) is 13.9. The van der Waals surface area contributed by atoms with Crippen molar-refractivity contribution in [2.75, 3.05) is 43.4 Å². The van der Waals surface area contributed by atoms with Gasteiger partial charge in [0.05, 0.1) is 17.6 Å². The summed E-state index contributed by atoms with van der Waals surface area (Å²) in [6.07, 6.45) is 0. The first kappa shape index (κ1) is 21.2. The van der Waals surface area contributed by atoms with Crippen LogP contribution in [0.4, 0.5) is 15.8 Å². The van der Waals surface area contributed by atoms with Crippen LogP contribution in [0.1, 0.15) is 6.92 Å². The Morgan fingerprint density at radius 2 is 1.72 bits per heavy atom. The summed E-state index contributed by atoms with van der Waals surface area (Å²) in [5, 5.41) is 5.62. The summed E-state index contributed by atoms with van der Waals surface area (Å²) < 4.78 is 13.2. The molecule has 0 radical (unpaired) electrons. The van der Waals surface area contributed by atoms with Crippen molar-refractivity contribution >= 4 is 34.8 Å². The molecule has 2 amide bonds. The van der Waals surface area contributed by atoms with Gasteiger partial charge in [0, 0.05) is 37.6 Å². The van der Waals surface area contributed by atoms with E-state index in [9.17, 15) is 14.0 Å². The highest BCUT2D eigenvalue weighted by Crippen LogP contribution is 2.20. The maximum Gasteiger partial charge on any atom is 0.241 e. The smallest absolute Gasteiger partial charge is 0.241 e. The Kier molecular flexibility index (Phi) is 7.19. The molecule has 2 aromatic carbocycles. The zero-order chi connectivity index (χ0) is 20.8. The van der Waals surface area contributed by atoms with Crippen molar-refractivity contribution in [3.8, 4) is 0 Å². The number of hydrogen-bond donors (Lipinski definition) is 2. The van der Waals surface area contributed by atoms with Gasteiger partial charge < -0.3 is 10.6 Å². The fraction of sp³-hybridized carbons (Fsp3) is 0.333. The van der Waals surface area contributed by atoms with Gasteiger partial charge in [-0.2, -0.15) is 0 Å². The summed E-state index contributed by atoms with van der Waals surface area (Å²) in [6, 6.07) is 13.1. The van der Waals surface area contributed by atoms with Crippen molar-refractivity contribution in [1.29, 1.82) is 0 Å². The average Bonchev–Trinajstić information content (AvgIpc) is 2.71. The van der Waals surface area contributed by atoms with Gasteiger partial charge in [0.2, 0.25) is 11.8 Å². The minimum absolute atomic E-state index is 0.0298. The molecule has 29 heavy (non-hydrogen) atoms. The van der Waals surface area contributed by atoms with Gasteiger partial charge in [-0.25, -0.2) is 4.39 Å². The number of halogens is 2. The second-order valence-corrected chi connectivity index (χ2v) is 7.43. The van der Waals surface area contributed by atoms with Crippen LogP contribution in [0, 0.1) is 5.82 Å². The predicted molar refractivity (Wildman–Crippen MR) is 113 cm³/mol. The Labute approximate surface area is 174 Å². The molecule has 0 spiro atoms. The lowest BCUT2D eigenvalue weighted by atomic mass is 10.2. The molecule has 8 heteroatoms. The van der Waals surface area contributed by atoms with Gasteiger partial charge in [0.15, 0.2) is 0 Å². The number of piperazine rings is 1. The van der Waals surface area contributed by atoms with E-state index in [0.717, 1.165) is 5.69 Å². The van der Waals surface area contributed by atoms with Crippen LogP contribution in [0.2, 0.25) is 5.02 Å². The van der Waals surface area contributed by atoms with Gasteiger partial charge in [-0.05, 0) is 37.3 Å². The van der Waals surface area contributed by atoms with Gasteiger partial charge in [0.1, 0.15) is 5.82 Å². The molecule has 1 fully saturated rings. The van der Waals surface area contributed by atoms with Crippen LogP contribution in [0.3, 0.4) is 0 Å². The number of benzene rings is 2. The fourth-order valence-corrected chi connectivity index (χ4v) is 3.40. The Morgan fingerprint density at radius 1 is 1.03 bits per heavy atom. The lowest BCUT2D eigenvalue weighted by molar-refractivity contribution is -0.122. The molecule has 3 rings (SSSR count). The SMILES string of the molecule is CC(C(=O)Nc1ccc(F)c(Cl)c1)N1CCN(CC(=O)Nc2ccccc2)CC1. The normalized spacial score (nSPS) is 16.2. The number of para-hydroxylation sites is 1. The second-order valence-electron chi connectivity index (χ2n) is 7.02. The van der Waals surface area contributed by atoms with Crippen molar-refractivity contribution in [2.45, 2.75) is 13.0 Å². The van der Waals surface area contributed by atoms with Crippen molar-refractivity contribution in [3.63, 3.8) is 0 Å². The van der Waals surface area contributed by atoms with Crippen LogP contribution >= 0.6 is 11.6 Å². The maximum atomic E-state index is 13.2. The van der Waals surface area contributed by atoms with Gasteiger partial charge in [-0.1, -0.05) is 29.8 Å². The number of amides is 2. The molecule has 0 aromatic heterocycles. The van der Waals surface area contributed by atoms with Gasteiger partial charge in [0.25, 0.3) is 0 Å². The second kappa shape index (κ2) is 9.82. The molecule has 1 saturated heterocycles. The molecule has 1 unspecified atom stereocenters. The van der Waals surface area contributed by atoms with E-state index in [0.29, 0.717) is 38.4 Å². The minimum Gasteiger partial charge on any atom is -0.325 e. The highest BCUT2D eigenvalue weighted by Gasteiger charge is 2.26. The molecule has 6 nitrogen and oxygen atoms in total. The van der Waals surface area contributed by atoms with Crippen LogP contribution in [-0.2, 0) is 9.59 Å². The standard InChI is InChI=1S/C21H24ClFN4O2/c1-15(21(29)25-17-7-8-19(23)18(22)13-17)27-11-9-26(10-12-27)14-20(28)24-16-5-3-2-4-6-16/h2-8,13,15H,9-12,14H2,1H3,(H,24,28)(H,25,29). The van der Waals surface area contributed by atoms with E-state index in [2.05, 4.69) is 20.4 Å². The molecular weight excluding hydrogens is 395 g/mol. The third kappa shape index (κ3) is 6.00. The molecule has 154 valence electrons. The largest absolute Gasteiger partial charge is 0.325 e. The first-order valence-electron chi connectivity index (χ1n) is 9.49. The third-order valence-electron chi connectivity index (χ3n) is 4.95. The van der Waals surface area contributed by atoms with E-state index in [4.69, 9.17) is 11.6 Å². The molecule has 1 heterocycles. The molecular formula is C21H24ClFN4O2. The summed E-state index contributed by atoms with van der Waals surface area (Å²) in [5.41, 5.74) is 1.24. The van der Waals surface area contributed by atoms with Crippen molar-refractivity contribution in [1.82, 2.24) is 9.80 Å². The van der Waals surface area contributed by atoms with Crippen LogP contribution in [0.15, 0.2) is 48.5 Å². The van der Waals surface area contributed by atoms with Crippen LogP contribution in [0.5, 0.6) is 0 Å². The number of anilines is 2. The quantitative estimate of drug-likeness (QED) is 0.756. The number of nitrogens with zero attached hydrogens (tertiary/aromatic N) is 2. The summed E-state index contributed by atoms with van der Waals surface area (Å²) in [5.74, 6) is -0.753. The summed E-state index contributed by atoms with van der Waals surface area (Å²) in [6.45, 7) is 4.90. The Hall–Kier alpha value is -2.48. The molecule has 2 N–H and O–H groups in total.